The molecule has 0 fully saturated rings. The Morgan fingerprint density at radius 2 is 2.19 bits per heavy atom. The fourth-order valence-electron chi connectivity index (χ4n) is 1.34. The highest BCUT2D eigenvalue weighted by molar-refractivity contribution is 9.10. The third-order valence-corrected chi connectivity index (χ3v) is 3.70. The molecule has 0 unspecified atom stereocenters. The number of hydrogen-bond acceptors (Lipinski definition) is 4. The maximum atomic E-state index is 11.2. The lowest BCUT2D eigenvalue weighted by Gasteiger charge is -1.99. The molecule has 0 spiro atoms. The maximum Gasteiger partial charge on any atom is 0.262 e. The zero-order valence-corrected chi connectivity index (χ0v) is 10.7. The summed E-state index contributed by atoms with van der Waals surface area (Å²) >= 11 is 3.10. The van der Waals surface area contributed by atoms with E-state index >= 15 is 0 Å². The minimum atomic E-state index is -3.95. The lowest BCUT2D eigenvalue weighted by molar-refractivity contribution is 0.609. The largest absolute Gasteiger partial charge is 0.332 e. The molecule has 16 heavy (non-hydrogen) atoms. The average molecular weight is 321 g/mol. The van der Waals surface area contributed by atoms with Gasteiger partial charge in [-0.2, -0.15) is 5.26 Å². The average Bonchev–Trinajstić information content (AvgIpc) is 2.54. The van der Waals surface area contributed by atoms with Gasteiger partial charge in [0.25, 0.3) is 9.05 Å². The maximum absolute atomic E-state index is 11.2. The Labute approximate surface area is 104 Å². The van der Waals surface area contributed by atoms with Crippen LogP contribution in [0.25, 0.3) is 11.0 Å². The van der Waals surface area contributed by atoms with E-state index in [9.17, 15) is 8.42 Å². The van der Waals surface area contributed by atoms with Gasteiger partial charge >= 0.3 is 0 Å². The van der Waals surface area contributed by atoms with E-state index in [-0.39, 0.29) is 16.0 Å². The van der Waals surface area contributed by atoms with E-state index in [1.54, 1.807) is 6.07 Å². The molecule has 0 bridgehead atoms. The van der Waals surface area contributed by atoms with Crippen LogP contribution < -0.4 is 0 Å². The molecule has 8 heteroatoms. The summed E-state index contributed by atoms with van der Waals surface area (Å²) in [5.41, 5.74) is 0.776. The number of fused-ring (bicyclic) bond motifs is 1. The van der Waals surface area contributed by atoms with Crippen molar-refractivity contribution in [2.75, 3.05) is 0 Å². The number of nitrogens with zero attached hydrogens (tertiary/aromatic N) is 2. The van der Waals surface area contributed by atoms with Gasteiger partial charge in [0.05, 0.1) is 11.1 Å². The van der Waals surface area contributed by atoms with Crippen LogP contribution in [-0.2, 0) is 9.05 Å². The minimum Gasteiger partial charge on any atom is -0.332 e. The highest BCUT2D eigenvalue weighted by Gasteiger charge is 2.19. The van der Waals surface area contributed by atoms with Gasteiger partial charge in [-0.1, -0.05) is 0 Å². The Morgan fingerprint density at radius 1 is 1.50 bits per heavy atom. The van der Waals surface area contributed by atoms with Crippen molar-refractivity contribution in [2.45, 2.75) is 4.90 Å². The molecule has 2 rings (SSSR count). The molecule has 0 saturated carbocycles. The topological polar surface area (TPSA) is 86.6 Å². The Balaban J connectivity index is 2.95. The van der Waals surface area contributed by atoms with E-state index in [4.69, 9.17) is 15.9 Å². The van der Waals surface area contributed by atoms with Crippen molar-refractivity contribution < 1.29 is 8.42 Å². The summed E-state index contributed by atoms with van der Waals surface area (Å²) in [4.78, 5) is 6.57. The molecule has 5 nitrogen and oxygen atoms in total. The number of hydrogen-bond donors (Lipinski definition) is 1. The van der Waals surface area contributed by atoms with E-state index in [2.05, 4.69) is 25.9 Å². The molecule has 0 aliphatic rings. The number of nitrogens with one attached hydrogen (secondary N) is 1. The molecular weight excluding hydrogens is 318 g/mol. The lowest BCUT2D eigenvalue weighted by Crippen LogP contribution is -1.95. The first-order valence-corrected chi connectivity index (χ1v) is 7.06. The van der Waals surface area contributed by atoms with Crippen molar-refractivity contribution in [3.63, 3.8) is 0 Å². The number of halogens is 2. The number of benzene rings is 1. The molecule has 0 amide bonds. The molecule has 2 aromatic rings. The standard InChI is InChI=1S/C8H3BrClN3O2S/c9-8-12-5-1-2-6(16(10,14)15)4(3-11)7(5)13-8/h1-2H,(H,12,13). The van der Waals surface area contributed by atoms with E-state index in [1.165, 1.54) is 12.1 Å². The Kier molecular flexibility index (Phi) is 2.66. The van der Waals surface area contributed by atoms with Crippen molar-refractivity contribution >= 4 is 46.7 Å². The highest BCUT2D eigenvalue weighted by atomic mass is 79.9. The Hall–Kier alpha value is -1.10. The third kappa shape index (κ3) is 1.80. The highest BCUT2D eigenvalue weighted by Crippen LogP contribution is 2.26. The smallest absolute Gasteiger partial charge is 0.262 e. The second kappa shape index (κ2) is 3.73. The van der Waals surface area contributed by atoms with Crippen LogP contribution in [0.15, 0.2) is 21.8 Å². The SMILES string of the molecule is N#Cc1c(S(=O)(=O)Cl)ccc2[nH]c(Br)nc12. The summed E-state index contributed by atoms with van der Waals surface area (Å²) in [5, 5.41) is 8.95. The van der Waals surface area contributed by atoms with Crippen LogP contribution in [-0.4, -0.2) is 18.4 Å². The molecule has 1 N–H and O–H groups in total. The summed E-state index contributed by atoms with van der Waals surface area (Å²) in [5.74, 6) is 0. The Morgan fingerprint density at radius 3 is 2.75 bits per heavy atom. The van der Waals surface area contributed by atoms with Gasteiger partial charge in [-0.3, -0.25) is 0 Å². The molecule has 82 valence electrons. The summed E-state index contributed by atoms with van der Waals surface area (Å²) < 4.78 is 22.9. The number of nitriles is 1. The van der Waals surface area contributed by atoms with Crippen LogP contribution in [0.5, 0.6) is 0 Å². The van der Waals surface area contributed by atoms with Crippen molar-refractivity contribution in [1.82, 2.24) is 9.97 Å². The molecule has 0 saturated heterocycles. The monoisotopic (exact) mass is 319 g/mol. The molecule has 1 heterocycles. The number of aromatic nitrogens is 2. The van der Waals surface area contributed by atoms with E-state index in [1.807, 2.05) is 0 Å². The fraction of sp³-hybridized carbons (Fsp3) is 0. The van der Waals surface area contributed by atoms with Gasteiger partial charge in [-0.15, -0.1) is 0 Å². The van der Waals surface area contributed by atoms with Gasteiger partial charge in [-0.05, 0) is 28.1 Å². The van der Waals surface area contributed by atoms with E-state index < -0.39 is 9.05 Å². The van der Waals surface area contributed by atoms with E-state index in [0.29, 0.717) is 10.3 Å². The van der Waals surface area contributed by atoms with Gasteiger partial charge in [0, 0.05) is 10.7 Å². The van der Waals surface area contributed by atoms with Crippen molar-refractivity contribution in [2.24, 2.45) is 0 Å². The zero-order chi connectivity index (χ0) is 11.9. The molecular formula is C8H3BrClN3O2S. The van der Waals surface area contributed by atoms with Crippen LogP contribution in [0.4, 0.5) is 0 Å². The van der Waals surface area contributed by atoms with Crippen LogP contribution in [0.2, 0.25) is 0 Å². The van der Waals surface area contributed by atoms with Crippen LogP contribution in [0.1, 0.15) is 5.56 Å². The quantitative estimate of drug-likeness (QED) is 0.815. The van der Waals surface area contributed by atoms with Gasteiger partial charge in [0.15, 0.2) is 4.73 Å². The van der Waals surface area contributed by atoms with Crippen molar-refractivity contribution in [3.8, 4) is 6.07 Å². The molecule has 0 radical (unpaired) electrons. The summed E-state index contributed by atoms with van der Waals surface area (Å²) in [6.07, 6.45) is 0. The first kappa shape index (κ1) is 11.4. The van der Waals surface area contributed by atoms with Gasteiger partial charge in [-0.25, -0.2) is 13.4 Å². The lowest BCUT2D eigenvalue weighted by atomic mass is 10.2. The van der Waals surface area contributed by atoms with Gasteiger partial charge in [0.1, 0.15) is 16.5 Å². The Bertz CT molecular complexity index is 717. The van der Waals surface area contributed by atoms with Crippen molar-refractivity contribution in [3.05, 3.63) is 22.4 Å². The normalized spacial score (nSPS) is 11.6. The van der Waals surface area contributed by atoms with E-state index in [0.717, 1.165) is 0 Å². The predicted octanol–water partition coefficient (Wildman–Crippen LogP) is 2.12. The number of H-pyrrole nitrogens is 1. The predicted molar refractivity (Wildman–Crippen MR) is 61.5 cm³/mol. The van der Waals surface area contributed by atoms with Gasteiger partial charge in [0.2, 0.25) is 0 Å². The molecule has 0 atom stereocenters. The first-order chi connectivity index (χ1) is 7.43. The minimum absolute atomic E-state index is 0.0607. The third-order valence-electron chi connectivity index (χ3n) is 1.96. The summed E-state index contributed by atoms with van der Waals surface area (Å²) in [6, 6.07) is 4.57. The molecule has 0 aliphatic heterocycles. The van der Waals surface area contributed by atoms with Crippen LogP contribution in [0, 0.1) is 11.3 Å². The summed E-state index contributed by atoms with van der Waals surface area (Å²) in [7, 11) is 1.27. The number of imidazole rings is 1. The number of aromatic amines is 1. The molecule has 0 aliphatic carbocycles. The zero-order valence-electron chi connectivity index (χ0n) is 7.53. The van der Waals surface area contributed by atoms with Crippen molar-refractivity contribution in [1.29, 1.82) is 5.26 Å². The first-order valence-electron chi connectivity index (χ1n) is 3.96. The van der Waals surface area contributed by atoms with Crippen LogP contribution in [0.3, 0.4) is 0 Å². The second-order valence-electron chi connectivity index (χ2n) is 2.91. The summed E-state index contributed by atoms with van der Waals surface area (Å²) in [6.45, 7) is 0. The fourth-order valence-corrected chi connectivity index (χ4v) is 2.73. The second-order valence-corrected chi connectivity index (χ2v) is 6.20. The molecule has 1 aromatic heterocycles. The molecule has 1 aromatic carbocycles. The van der Waals surface area contributed by atoms with Gasteiger partial charge < -0.3 is 4.98 Å². The number of rotatable bonds is 1. The van der Waals surface area contributed by atoms with Crippen LogP contribution >= 0.6 is 26.6 Å².